The summed E-state index contributed by atoms with van der Waals surface area (Å²) in [5.74, 6) is 0.327. The van der Waals surface area contributed by atoms with E-state index in [2.05, 4.69) is 37.4 Å². The summed E-state index contributed by atoms with van der Waals surface area (Å²) in [6, 6.07) is 10.4. The summed E-state index contributed by atoms with van der Waals surface area (Å²) in [6.45, 7) is 4.59. The third-order valence-corrected chi connectivity index (χ3v) is 6.18. The minimum atomic E-state index is -3.39. The number of carbonyl (C=O) groups is 1. The second-order valence-electron chi connectivity index (χ2n) is 5.76. The third kappa shape index (κ3) is 5.49. The molecule has 0 saturated carbocycles. The number of nitrogens with one attached hydrogen (secondary N) is 1. The van der Waals surface area contributed by atoms with Crippen LogP contribution in [0.1, 0.15) is 21.5 Å². The van der Waals surface area contributed by atoms with Gasteiger partial charge in [0.2, 0.25) is 0 Å². The van der Waals surface area contributed by atoms with Crippen molar-refractivity contribution in [2.75, 3.05) is 18.6 Å². The van der Waals surface area contributed by atoms with Crippen molar-refractivity contribution in [3.63, 3.8) is 0 Å². The van der Waals surface area contributed by atoms with Gasteiger partial charge in [0, 0.05) is 23.4 Å². The molecule has 0 fully saturated rings. The van der Waals surface area contributed by atoms with E-state index < -0.39 is 9.84 Å². The summed E-state index contributed by atoms with van der Waals surface area (Å²) < 4.78 is 23.2. The van der Waals surface area contributed by atoms with E-state index in [1.165, 1.54) is 29.3 Å². The van der Waals surface area contributed by atoms with E-state index in [1.54, 1.807) is 11.8 Å². The van der Waals surface area contributed by atoms with Crippen LogP contribution in [0.5, 0.6) is 0 Å². The molecular formula is C18H20ClNO3S2. The van der Waals surface area contributed by atoms with Crippen LogP contribution in [0.25, 0.3) is 0 Å². The second-order valence-corrected chi connectivity index (χ2v) is 9.36. The van der Waals surface area contributed by atoms with Crippen molar-refractivity contribution in [1.29, 1.82) is 0 Å². The van der Waals surface area contributed by atoms with Crippen molar-refractivity contribution in [2.45, 2.75) is 23.6 Å². The minimum absolute atomic E-state index is 0.0755. The van der Waals surface area contributed by atoms with Crippen LogP contribution in [-0.4, -0.2) is 32.9 Å². The zero-order valence-electron chi connectivity index (χ0n) is 14.3. The number of sulfone groups is 1. The highest BCUT2D eigenvalue weighted by molar-refractivity contribution is 7.99. The van der Waals surface area contributed by atoms with Crippen molar-refractivity contribution in [3.8, 4) is 0 Å². The van der Waals surface area contributed by atoms with Crippen LogP contribution < -0.4 is 5.32 Å². The van der Waals surface area contributed by atoms with Crippen molar-refractivity contribution in [1.82, 2.24) is 5.32 Å². The average molecular weight is 398 g/mol. The van der Waals surface area contributed by atoms with E-state index in [9.17, 15) is 13.2 Å². The lowest BCUT2D eigenvalue weighted by Crippen LogP contribution is -2.26. The molecule has 0 bridgehead atoms. The Morgan fingerprint density at radius 2 is 1.84 bits per heavy atom. The van der Waals surface area contributed by atoms with Gasteiger partial charge in [-0.2, -0.15) is 0 Å². The Bertz CT molecular complexity index is 895. The highest BCUT2D eigenvalue weighted by atomic mass is 35.5. The van der Waals surface area contributed by atoms with Gasteiger partial charge in [-0.1, -0.05) is 17.7 Å². The number of thioether (sulfide) groups is 1. The number of hydrogen-bond donors (Lipinski definition) is 1. The normalized spacial score (nSPS) is 11.4. The Kier molecular flexibility index (Phi) is 6.54. The highest BCUT2D eigenvalue weighted by Crippen LogP contribution is 2.22. The van der Waals surface area contributed by atoms with Crippen LogP contribution >= 0.6 is 23.4 Å². The van der Waals surface area contributed by atoms with Crippen LogP contribution in [0.4, 0.5) is 0 Å². The third-order valence-electron chi connectivity index (χ3n) is 3.75. The first-order chi connectivity index (χ1) is 11.7. The summed E-state index contributed by atoms with van der Waals surface area (Å²) in [5, 5.41) is 3.00. The number of hydrogen-bond acceptors (Lipinski definition) is 4. The number of aryl methyl sites for hydroxylation is 2. The highest BCUT2D eigenvalue weighted by Gasteiger charge is 2.15. The maximum Gasteiger partial charge on any atom is 0.252 e. The molecule has 2 aromatic carbocycles. The number of carbonyl (C=O) groups excluding carboxylic acids is 1. The molecule has 0 spiro atoms. The molecule has 4 nitrogen and oxygen atoms in total. The number of rotatable bonds is 6. The number of amides is 1. The van der Waals surface area contributed by atoms with Gasteiger partial charge in [-0.05, 0) is 55.3 Å². The summed E-state index contributed by atoms with van der Waals surface area (Å²) in [7, 11) is -3.39. The van der Waals surface area contributed by atoms with Gasteiger partial charge < -0.3 is 5.32 Å². The Morgan fingerprint density at radius 1 is 1.12 bits per heavy atom. The molecule has 0 saturated heterocycles. The molecule has 25 heavy (non-hydrogen) atoms. The molecule has 0 atom stereocenters. The molecule has 0 aliphatic carbocycles. The summed E-state index contributed by atoms with van der Waals surface area (Å²) in [4.78, 5) is 13.5. The van der Waals surface area contributed by atoms with Crippen LogP contribution in [0.3, 0.4) is 0 Å². The Hall–Kier alpha value is -1.50. The lowest BCUT2D eigenvalue weighted by atomic mass is 10.1. The van der Waals surface area contributed by atoms with Gasteiger partial charge in [0.25, 0.3) is 5.91 Å². The standard InChI is InChI=1S/C18H20ClNO3S2/c1-12-4-5-14(10-13(12)2)24-9-8-20-18(21)16-11-15(25(3,22)23)6-7-17(16)19/h4-7,10-11H,8-9H2,1-3H3,(H,20,21). The average Bonchev–Trinajstić information content (AvgIpc) is 2.54. The topological polar surface area (TPSA) is 63.2 Å². The molecule has 2 rings (SSSR count). The van der Waals surface area contributed by atoms with Crippen LogP contribution in [0.2, 0.25) is 5.02 Å². The minimum Gasteiger partial charge on any atom is -0.351 e. The molecule has 0 aliphatic heterocycles. The maximum absolute atomic E-state index is 12.3. The largest absolute Gasteiger partial charge is 0.351 e. The van der Waals surface area contributed by atoms with Gasteiger partial charge in [0.1, 0.15) is 0 Å². The Balaban J connectivity index is 1.95. The molecular weight excluding hydrogens is 378 g/mol. The van der Waals surface area contributed by atoms with Crippen molar-refractivity contribution in [2.24, 2.45) is 0 Å². The van der Waals surface area contributed by atoms with Gasteiger partial charge in [-0.25, -0.2) is 8.42 Å². The van der Waals surface area contributed by atoms with Gasteiger partial charge in [0.15, 0.2) is 9.84 Å². The molecule has 0 unspecified atom stereocenters. The van der Waals surface area contributed by atoms with Crippen molar-refractivity contribution in [3.05, 3.63) is 58.1 Å². The van der Waals surface area contributed by atoms with E-state index in [1.807, 2.05) is 0 Å². The van der Waals surface area contributed by atoms with Crippen LogP contribution in [0, 0.1) is 13.8 Å². The van der Waals surface area contributed by atoms with Gasteiger partial charge in [0.05, 0.1) is 15.5 Å². The van der Waals surface area contributed by atoms with Crippen molar-refractivity contribution < 1.29 is 13.2 Å². The Labute approximate surface area is 157 Å². The smallest absolute Gasteiger partial charge is 0.252 e. The van der Waals surface area contributed by atoms with Gasteiger partial charge in [-0.15, -0.1) is 11.8 Å². The summed E-state index contributed by atoms with van der Waals surface area (Å²) in [5.41, 5.74) is 2.65. The second kappa shape index (κ2) is 8.25. The lowest BCUT2D eigenvalue weighted by Gasteiger charge is -2.09. The molecule has 2 aromatic rings. The molecule has 1 N–H and O–H groups in total. The van der Waals surface area contributed by atoms with E-state index >= 15 is 0 Å². The van der Waals surface area contributed by atoms with Gasteiger partial charge in [-0.3, -0.25) is 4.79 Å². The maximum atomic E-state index is 12.3. The first-order valence-electron chi connectivity index (χ1n) is 7.66. The quantitative estimate of drug-likeness (QED) is 0.593. The molecule has 134 valence electrons. The lowest BCUT2D eigenvalue weighted by molar-refractivity contribution is 0.0956. The predicted octanol–water partition coefficient (Wildman–Crippen LogP) is 3.88. The monoisotopic (exact) mass is 397 g/mol. The molecule has 0 heterocycles. The number of benzene rings is 2. The summed E-state index contributed by atoms with van der Waals surface area (Å²) >= 11 is 7.67. The first kappa shape index (κ1) is 19.8. The van der Waals surface area contributed by atoms with E-state index in [4.69, 9.17) is 11.6 Å². The first-order valence-corrected chi connectivity index (χ1v) is 10.9. The van der Waals surface area contributed by atoms with E-state index in [0.29, 0.717) is 12.3 Å². The summed E-state index contributed by atoms with van der Waals surface area (Å²) in [6.07, 6.45) is 1.10. The van der Waals surface area contributed by atoms with Crippen molar-refractivity contribution >= 4 is 39.1 Å². The van der Waals surface area contributed by atoms with Crippen LogP contribution in [-0.2, 0) is 9.84 Å². The van der Waals surface area contributed by atoms with E-state index in [0.717, 1.165) is 11.2 Å². The zero-order valence-corrected chi connectivity index (χ0v) is 16.7. The fourth-order valence-corrected chi connectivity index (χ4v) is 3.86. The van der Waals surface area contributed by atoms with Gasteiger partial charge >= 0.3 is 0 Å². The number of halogens is 1. The fraction of sp³-hybridized carbons (Fsp3) is 0.278. The van der Waals surface area contributed by atoms with E-state index in [-0.39, 0.29) is 21.4 Å². The Morgan fingerprint density at radius 3 is 2.48 bits per heavy atom. The molecule has 0 radical (unpaired) electrons. The molecule has 1 amide bonds. The fourth-order valence-electron chi connectivity index (χ4n) is 2.14. The predicted molar refractivity (Wildman–Crippen MR) is 104 cm³/mol. The molecule has 7 heteroatoms. The molecule has 0 aliphatic rings. The van der Waals surface area contributed by atoms with Crippen LogP contribution in [0.15, 0.2) is 46.2 Å². The zero-order chi connectivity index (χ0) is 18.6. The molecule has 0 aromatic heterocycles. The SMILES string of the molecule is Cc1ccc(SCCNC(=O)c2cc(S(C)(=O)=O)ccc2Cl)cc1C.